The third-order valence-corrected chi connectivity index (χ3v) is 3.19. The van der Waals surface area contributed by atoms with Gasteiger partial charge in [0.15, 0.2) is 23.6 Å². The van der Waals surface area contributed by atoms with Crippen LogP contribution in [0.25, 0.3) is 0 Å². The summed E-state index contributed by atoms with van der Waals surface area (Å²) in [4.78, 5) is 10.8. The zero-order valence-corrected chi connectivity index (χ0v) is 10.4. The minimum atomic E-state index is -3.69. The fourth-order valence-electron chi connectivity index (χ4n) is 1.06. The molecule has 8 heteroatoms. The van der Waals surface area contributed by atoms with Crippen molar-refractivity contribution in [2.45, 2.75) is 50.9 Å². The van der Waals surface area contributed by atoms with Crippen LogP contribution in [0.5, 0.6) is 0 Å². The second-order valence-corrected chi connectivity index (χ2v) is 4.70. The van der Waals surface area contributed by atoms with Crippen LogP contribution in [0.15, 0.2) is 0 Å². The number of halogens is 6. The van der Waals surface area contributed by atoms with Crippen LogP contribution in [-0.4, -0.2) is 42.0 Å². The van der Waals surface area contributed by atoms with Crippen molar-refractivity contribution in [3.63, 3.8) is 0 Å². The van der Waals surface area contributed by atoms with Crippen molar-refractivity contribution in [3.8, 4) is 0 Å². The number of carbonyl (C=O) groups excluding carboxylic acids is 1. The van der Waals surface area contributed by atoms with Gasteiger partial charge in [0.1, 0.15) is 6.17 Å². The molecule has 0 aromatic carbocycles. The van der Waals surface area contributed by atoms with Crippen molar-refractivity contribution in [2.75, 3.05) is 5.75 Å². The molecule has 0 spiro atoms. The third kappa shape index (κ3) is 5.97. The van der Waals surface area contributed by atoms with E-state index >= 15 is 0 Å². The Labute approximate surface area is 105 Å². The molecular weight excluding hydrogens is 282 g/mol. The third-order valence-electron chi connectivity index (χ3n) is 2.14. The van der Waals surface area contributed by atoms with Crippen molar-refractivity contribution in [3.05, 3.63) is 0 Å². The monoisotopic (exact) mass is 296 g/mol. The van der Waals surface area contributed by atoms with Crippen LogP contribution in [-0.2, 0) is 4.79 Å². The topological polar surface area (TPSA) is 17.1 Å². The summed E-state index contributed by atoms with van der Waals surface area (Å²) in [5.74, 6) is -0.105. The Kier molecular flexibility index (Phi) is 8.47. The molecule has 108 valence electrons. The number of thioether (sulfide) groups is 1. The molecule has 0 saturated heterocycles. The van der Waals surface area contributed by atoms with E-state index in [0.29, 0.717) is 0 Å². The average Bonchev–Trinajstić information content (AvgIpc) is 2.35. The van der Waals surface area contributed by atoms with Gasteiger partial charge in [0.2, 0.25) is 0 Å². The summed E-state index contributed by atoms with van der Waals surface area (Å²) < 4.78 is 74.8. The van der Waals surface area contributed by atoms with Gasteiger partial charge in [-0.2, -0.15) is 0 Å². The molecule has 1 nitrogen and oxygen atoms in total. The molecule has 0 N–H and O–H groups in total. The summed E-state index contributed by atoms with van der Waals surface area (Å²) >= 11 is 0.739. The van der Waals surface area contributed by atoms with Gasteiger partial charge in [0.25, 0.3) is 6.43 Å². The Morgan fingerprint density at radius 2 is 1.56 bits per heavy atom. The smallest absolute Gasteiger partial charge is 0.272 e. The molecule has 18 heavy (non-hydrogen) atoms. The summed E-state index contributed by atoms with van der Waals surface area (Å²) in [6, 6.07) is 0. The fourth-order valence-corrected chi connectivity index (χ4v) is 1.84. The first-order valence-electron chi connectivity index (χ1n) is 5.31. The van der Waals surface area contributed by atoms with Crippen LogP contribution in [0.1, 0.15) is 19.8 Å². The van der Waals surface area contributed by atoms with E-state index in [-0.39, 0.29) is 17.3 Å². The van der Waals surface area contributed by atoms with Crippen LogP contribution >= 0.6 is 11.8 Å². The molecule has 0 bridgehead atoms. The lowest BCUT2D eigenvalue weighted by atomic mass is 10.1. The van der Waals surface area contributed by atoms with E-state index in [1.54, 1.807) is 6.92 Å². The van der Waals surface area contributed by atoms with Crippen LogP contribution in [0.4, 0.5) is 26.3 Å². The van der Waals surface area contributed by atoms with Gasteiger partial charge in [-0.3, -0.25) is 4.79 Å². The molecule has 0 aliphatic heterocycles. The molecule has 0 fully saturated rings. The maximum Gasteiger partial charge on any atom is 0.272 e. The molecule has 0 rings (SSSR count). The molecule has 4 atom stereocenters. The van der Waals surface area contributed by atoms with Gasteiger partial charge in [0.05, 0.1) is 0 Å². The van der Waals surface area contributed by atoms with E-state index in [4.69, 9.17) is 0 Å². The van der Waals surface area contributed by atoms with Crippen molar-refractivity contribution in [1.29, 1.82) is 0 Å². The second-order valence-electron chi connectivity index (χ2n) is 3.55. The molecule has 0 aliphatic carbocycles. The zero-order valence-electron chi connectivity index (χ0n) is 9.59. The quantitative estimate of drug-likeness (QED) is 0.636. The Morgan fingerprint density at radius 3 is 2.00 bits per heavy atom. The maximum absolute atomic E-state index is 13.1. The van der Waals surface area contributed by atoms with Crippen LogP contribution in [0.2, 0.25) is 0 Å². The highest BCUT2D eigenvalue weighted by Crippen LogP contribution is 2.24. The van der Waals surface area contributed by atoms with Crippen molar-refractivity contribution in [2.24, 2.45) is 0 Å². The van der Waals surface area contributed by atoms with Gasteiger partial charge < -0.3 is 0 Å². The van der Waals surface area contributed by atoms with Gasteiger partial charge in [0, 0.05) is 12.2 Å². The highest BCUT2D eigenvalue weighted by Gasteiger charge is 2.40. The molecule has 0 aromatic rings. The summed E-state index contributed by atoms with van der Waals surface area (Å²) in [6.45, 7) is 1.58. The highest BCUT2D eigenvalue weighted by atomic mass is 32.2. The predicted octanol–water partition coefficient (Wildman–Crippen LogP) is 3.66. The molecule has 0 radical (unpaired) electrons. The number of carbonyl (C=O) groups is 1. The van der Waals surface area contributed by atoms with Crippen LogP contribution < -0.4 is 0 Å². The normalized spacial score (nSPS) is 18.4. The Bertz CT molecular complexity index is 253. The SMILES string of the molecule is CCC(=O)SCCC(F)C(F)C(F)C(F)C(F)F. The molecule has 0 heterocycles. The van der Waals surface area contributed by atoms with E-state index in [9.17, 15) is 31.1 Å². The van der Waals surface area contributed by atoms with Gasteiger partial charge in [-0.15, -0.1) is 0 Å². The maximum atomic E-state index is 13.1. The minimum Gasteiger partial charge on any atom is -0.287 e. The molecule has 0 aliphatic rings. The lowest BCUT2D eigenvalue weighted by molar-refractivity contribution is -0.110. The standard InChI is InChI=1S/C10H14F6OS/c1-2-6(17)18-4-3-5(11)7(12)8(13)9(14)10(15)16/h5,7-10H,2-4H2,1H3. The van der Waals surface area contributed by atoms with Gasteiger partial charge in [-0.05, 0) is 6.42 Å². The number of hydrogen-bond donors (Lipinski definition) is 0. The largest absolute Gasteiger partial charge is 0.287 e. The summed E-state index contributed by atoms with van der Waals surface area (Å²) in [5, 5.41) is -0.245. The van der Waals surface area contributed by atoms with Crippen molar-refractivity contribution < 1.29 is 31.1 Å². The van der Waals surface area contributed by atoms with Gasteiger partial charge in [-0.1, -0.05) is 18.7 Å². The molecule has 0 aromatic heterocycles. The van der Waals surface area contributed by atoms with Crippen LogP contribution in [0, 0.1) is 0 Å². The summed E-state index contributed by atoms with van der Waals surface area (Å²) in [7, 11) is 0. The van der Waals surface area contributed by atoms with Gasteiger partial charge >= 0.3 is 0 Å². The highest BCUT2D eigenvalue weighted by molar-refractivity contribution is 8.13. The Hall–Kier alpha value is -0.400. The Balaban J connectivity index is 4.09. The zero-order chi connectivity index (χ0) is 14.3. The summed E-state index contributed by atoms with van der Waals surface area (Å²) in [5.41, 5.74) is 0. The molecular formula is C10H14F6OS. The second kappa shape index (κ2) is 8.66. The van der Waals surface area contributed by atoms with Crippen LogP contribution in [0.3, 0.4) is 0 Å². The van der Waals surface area contributed by atoms with Crippen molar-refractivity contribution in [1.82, 2.24) is 0 Å². The van der Waals surface area contributed by atoms with E-state index in [1.165, 1.54) is 0 Å². The van der Waals surface area contributed by atoms with Crippen molar-refractivity contribution >= 4 is 16.9 Å². The first kappa shape index (κ1) is 17.6. The first-order valence-corrected chi connectivity index (χ1v) is 6.29. The average molecular weight is 296 g/mol. The predicted molar refractivity (Wildman–Crippen MR) is 58.0 cm³/mol. The summed E-state index contributed by atoms with van der Waals surface area (Å²) in [6.07, 6.45) is -15.9. The fraction of sp³-hybridized carbons (Fsp3) is 0.900. The molecule has 0 saturated carbocycles. The van der Waals surface area contributed by atoms with E-state index in [2.05, 4.69) is 0 Å². The lowest BCUT2D eigenvalue weighted by Gasteiger charge is -2.19. The molecule has 4 unspecified atom stereocenters. The Morgan fingerprint density at radius 1 is 1.00 bits per heavy atom. The minimum absolute atomic E-state index is 0.105. The number of rotatable bonds is 8. The molecule has 0 amide bonds. The first-order chi connectivity index (χ1) is 8.31. The van der Waals surface area contributed by atoms with Gasteiger partial charge in [-0.25, -0.2) is 26.3 Å². The number of alkyl halides is 6. The van der Waals surface area contributed by atoms with E-state index in [0.717, 1.165) is 11.8 Å². The van der Waals surface area contributed by atoms with E-state index < -0.39 is 37.5 Å². The lowest BCUT2D eigenvalue weighted by Crippen LogP contribution is -2.38. The number of hydrogen-bond acceptors (Lipinski definition) is 2. The van der Waals surface area contributed by atoms with E-state index in [1.807, 2.05) is 0 Å².